The Hall–Kier alpha value is -3.41. The second-order valence-corrected chi connectivity index (χ2v) is 4.92. The SMILES string of the molecule is c1cncc(-c2ncc(-c3cnc(-c4cccnc4)[nH]3)cn2)c1. The minimum absolute atomic E-state index is 0.647. The molecule has 1 N–H and O–H groups in total. The zero-order valence-electron chi connectivity index (χ0n) is 12.1. The minimum atomic E-state index is 0.647. The van der Waals surface area contributed by atoms with Crippen LogP contribution in [0.3, 0.4) is 0 Å². The highest BCUT2D eigenvalue weighted by Crippen LogP contribution is 2.21. The fraction of sp³-hybridized carbons (Fsp3) is 0. The van der Waals surface area contributed by atoms with E-state index in [-0.39, 0.29) is 0 Å². The van der Waals surface area contributed by atoms with Crippen LogP contribution in [0.25, 0.3) is 34.0 Å². The van der Waals surface area contributed by atoms with E-state index < -0.39 is 0 Å². The summed E-state index contributed by atoms with van der Waals surface area (Å²) in [5.74, 6) is 1.42. The van der Waals surface area contributed by atoms with Crippen LogP contribution >= 0.6 is 0 Å². The largest absolute Gasteiger partial charge is 0.338 e. The zero-order chi connectivity index (χ0) is 15.5. The van der Waals surface area contributed by atoms with Crippen molar-refractivity contribution in [2.45, 2.75) is 0 Å². The lowest BCUT2D eigenvalue weighted by Gasteiger charge is -2.01. The molecule has 0 spiro atoms. The van der Waals surface area contributed by atoms with Gasteiger partial charge in [-0.2, -0.15) is 0 Å². The van der Waals surface area contributed by atoms with Gasteiger partial charge in [0, 0.05) is 53.9 Å². The third-order valence-corrected chi connectivity index (χ3v) is 3.39. The summed E-state index contributed by atoms with van der Waals surface area (Å²) in [5.41, 5.74) is 3.56. The predicted molar refractivity (Wildman–Crippen MR) is 86.1 cm³/mol. The Balaban J connectivity index is 1.63. The zero-order valence-corrected chi connectivity index (χ0v) is 12.1. The van der Waals surface area contributed by atoms with Crippen LogP contribution in [0.2, 0.25) is 0 Å². The quantitative estimate of drug-likeness (QED) is 0.629. The molecule has 4 rings (SSSR count). The Kier molecular flexibility index (Phi) is 3.32. The molecule has 0 fully saturated rings. The van der Waals surface area contributed by atoms with Gasteiger partial charge in [-0.25, -0.2) is 15.0 Å². The van der Waals surface area contributed by atoms with Crippen LogP contribution in [-0.4, -0.2) is 29.9 Å². The molecule has 110 valence electrons. The topological polar surface area (TPSA) is 80.2 Å². The molecule has 0 unspecified atom stereocenters. The van der Waals surface area contributed by atoms with Gasteiger partial charge in [0.2, 0.25) is 0 Å². The number of pyridine rings is 2. The molecular weight excluding hydrogens is 288 g/mol. The molecule has 0 saturated carbocycles. The molecule has 0 bridgehead atoms. The number of imidazole rings is 1. The van der Waals surface area contributed by atoms with Gasteiger partial charge < -0.3 is 4.98 Å². The van der Waals surface area contributed by atoms with E-state index in [0.29, 0.717) is 5.82 Å². The van der Waals surface area contributed by atoms with E-state index >= 15 is 0 Å². The summed E-state index contributed by atoms with van der Waals surface area (Å²) in [6.07, 6.45) is 12.3. The third kappa shape index (κ3) is 2.69. The van der Waals surface area contributed by atoms with E-state index in [2.05, 4.69) is 29.9 Å². The lowest BCUT2D eigenvalue weighted by atomic mass is 10.2. The van der Waals surface area contributed by atoms with Crippen LogP contribution in [0.1, 0.15) is 0 Å². The molecule has 4 aromatic rings. The van der Waals surface area contributed by atoms with Crippen LogP contribution in [0.5, 0.6) is 0 Å². The molecule has 0 aliphatic carbocycles. The molecule has 0 aromatic carbocycles. The van der Waals surface area contributed by atoms with E-state index in [1.165, 1.54) is 0 Å². The predicted octanol–water partition coefficient (Wildman–Crippen LogP) is 2.99. The van der Waals surface area contributed by atoms with Gasteiger partial charge in [0.05, 0.1) is 11.9 Å². The second-order valence-electron chi connectivity index (χ2n) is 4.92. The van der Waals surface area contributed by atoms with Crippen LogP contribution < -0.4 is 0 Å². The molecule has 6 heteroatoms. The fourth-order valence-corrected chi connectivity index (χ4v) is 2.23. The highest BCUT2D eigenvalue weighted by molar-refractivity contribution is 5.64. The standard InChI is InChI=1S/C17H12N6/c1-3-12(7-18-5-1)16-20-9-14(10-21-16)15-11-22-17(23-15)13-4-2-6-19-8-13/h1-11H,(H,22,23). The first-order valence-electron chi connectivity index (χ1n) is 7.08. The van der Waals surface area contributed by atoms with E-state index in [9.17, 15) is 0 Å². The van der Waals surface area contributed by atoms with Crippen LogP contribution in [0.15, 0.2) is 67.6 Å². The first-order valence-corrected chi connectivity index (χ1v) is 7.08. The van der Waals surface area contributed by atoms with Crippen LogP contribution in [0, 0.1) is 0 Å². The van der Waals surface area contributed by atoms with Crippen LogP contribution in [0.4, 0.5) is 0 Å². The Bertz CT molecular complexity index is 901. The van der Waals surface area contributed by atoms with Crippen molar-refractivity contribution in [1.82, 2.24) is 29.9 Å². The van der Waals surface area contributed by atoms with Crippen molar-refractivity contribution in [1.29, 1.82) is 0 Å². The van der Waals surface area contributed by atoms with Crippen LogP contribution in [-0.2, 0) is 0 Å². The summed E-state index contributed by atoms with van der Waals surface area (Å²) in [7, 11) is 0. The molecule has 0 saturated heterocycles. The van der Waals surface area contributed by atoms with Gasteiger partial charge in [-0.3, -0.25) is 9.97 Å². The molecule has 0 atom stereocenters. The van der Waals surface area contributed by atoms with Crippen molar-refractivity contribution in [2.75, 3.05) is 0 Å². The highest BCUT2D eigenvalue weighted by Gasteiger charge is 2.07. The average Bonchev–Trinajstić information content (AvgIpc) is 3.14. The molecule has 23 heavy (non-hydrogen) atoms. The Morgan fingerprint density at radius 1 is 0.652 bits per heavy atom. The summed E-state index contributed by atoms with van der Waals surface area (Å²) in [4.78, 5) is 24.6. The number of H-pyrrole nitrogens is 1. The third-order valence-electron chi connectivity index (χ3n) is 3.39. The normalized spacial score (nSPS) is 10.6. The van der Waals surface area contributed by atoms with Crippen molar-refractivity contribution in [2.24, 2.45) is 0 Å². The molecular formula is C17H12N6. The number of hydrogen-bond acceptors (Lipinski definition) is 5. The molecule has 4 heterocycles. The fourth-order valence-electron chi connectivity index (χ4n) is 2.23. The van der Waals surface area contributed by atoms with E-state index in [0.717, 1.165) is 28.2 Å². The summed E-state index contributed by atoms with van der Waals surface area (Å²) in [6, 6.07) is 7.63. The highest BCUT2D eigenvalue weighted by atomic mass is 14.9. The minimum Gasteiger partial charge on any atom is -0.338 e. The van der Waals surface area contributed by atoms with Gasteiger partial charge in [-0.05, 0) is 24.3 Å². The summed E-state index contributed by atoms with van der Waals surface area (Å²) in [6.45, 7) is 0. The summed E-state index contributed by atoms with van der Waals surface area (Å²) < 4.78 is 0. The Morgan fingerprint density at radius 3 is 2.00 bits per heavy atom. The molecule has 4 aromatic heterocycles. The molecule has 0 radical (unpaired) electrons. The lowest BCUT2D eigenvalue weighted by molar-refractivity contribution is 1.16. The molecule has 0 aliphatic rings. The van der Waals surface area contributed by atoms with E-state index in [1.807, 2.05) is 24.3 Å². The number of hydrogen-bond donors (Lipinski definition) is 1. The van der Waals surface area contributed by atoms with Gasteiger partial charge in [-0.1, -0.05) is 0 Å². The first-order chi connectivity index (χ1) is 11.4. The maximum Gasteiger partial charge on any atom is 0.160 e. The molecule has 6 nitrogen and oxygen atoms in total. The molecule has 0 aliphatic heterocycles. The van der Waals surface area contributed by atoms with Crippen molar-refractivity contribution in [3.8, 4) is 34.0 Å². The number of nitrogens with one attached hydrogen (secondary N) is 1. The Morgan fingerprint density at radius 2 is 1.35 bits per heavy atom. The van der Waals surface area contributed by atoms with Gasteiger partial charge in [0.25, 0.3) is 0 Å². The van der Waals surface area contributed by atoms with E-state index in [1.54, 1.807) is 43.4 Å². The smallest absolute Gasteiger partial charge is 0.160 e. The van der Waals surface area contributed by atoms with Gasteiger partial charge in [-0.15, -0.1) is 0 Å². The van der Waals surface area contributed by atoms with E-state index in [4.69, 9.17) is 0 Å². The number of aromatic nitrogens is 6. The monoisotopic (exact) mass is 300 g/mol. The summed E-state index contributed by atoms with van der Waals surface area (Å²) in [5, 5.41) is 0. The number of nitrogens with zero attached hydrogens (tertiary/aromatic N) is 5. The van der Waals surface area contributed by atoms with Crippen molar-refractivity contribution < 1.29 is 0 Å². The Labute approximate surface area is 132 Å². The number of rotatable bonds is 3. The van der Waals surface area contributed by atoms with Gasteiger partial charge in [0.1, 0.15) is 5.82 Å². The summed E-state index contributed by atoms with van der Waals surface area (Å²) >= 11 is 0. The first kappa shape index (κ1) is 13.3. The lowest BCUT2D eigenvalue weighted by Crippen LogP contribution is -1.90. The van der Waals surface area contributed by atoms with Crippen molar-refractivity contribution in [3.63, 3.8) is 0 Å². The van der Waals surface area contributed by atoms with Gasteiger partial charge >= 0.3 is 0 Å². The van der Waals surface area contributed by atoms with Crippen molar-refractivity contribution in [3.05, 3.63) is 67.6 Å². The maximum atomic E-state index is 4.40. The second kappa shape index (κ2) is 5.76. The molecule has 0 amide bonds. The van der Waals surface area contributed by atoms with Gasteiger partial charge in [0.15, 0.2) is 5.82 Å². The number of aromatic amines is 1. The average molecular weight is 300 g/mol. The van der Waals surface area contributed by atoms with Crippen molar-refractivity contribution >= 4 is 0 Å². The maximum absolute atomic E-state index is 4.40.